The van der Waals surface area contributed by atoms with Crippen molar-refractivity contribution in [3.63, 3.8) is 0 Å². The summed E-state index contributed by atoms with van der Waals surface area (Å²) in [5.41, 5.74) is 11.8. The number of nitrogens with one attached hydrogen (secondary N) is 2. The largest absolute Gasteiger partial charge is 0.396 e. The number of amides is 1. The van der Waals surface area contributed by atoms with E-state index in [-0.39, 0.29) is 19.1 Å². The molecule has 0 aliphatic heterocycles. The van der Waals surface area contributed by atoms with Gasteiger partial charge in [0.05, 0.1) is 30.3 Å². The standard InChI is InChI=1S/C25H23FN6O2/c26-21-13-19(8-7-18(21)14-34-15-20-6-1-2-11-29-20)30-25(33)17-5-3-4-16(12-17)23-10-9-22(27)24(31-23)32-28/h1-13H,14-15,27-28H2,(H,30,33)(H,31,32). The zero-order valence-corrected chi connectivity index (χ0v) is 18.2. The summed E-state index contributed by atoms with van der Waals surface area (Å²) >= 11 is 0. The lowest BCUT2D eigenvalue weighted by atomic mass is 10.1. The maximum absolute atomic E-state index is 14.5. The van der Waals surface area contributed by atoms with Crippen LogP contribution in [0.3, 0.4) is 0 Å². The number of carbonyl (C=O) groups excluding carboxylic acids is 1. The van der Waals surface area contributed by atoms with Crippen molar-refractivity contribution >= 4 is 23.1 Å². The number of aromatic nitrogens is 2. The van der Waals surface area contributed by atoms with Crippen molar-refractivity contribution in [2.24, 2.45) is 5.84 Å². The van der Waals surface area contributed by atoms with Crippen LogP contribution in [-0.2, 0) is 18.0 Å². The molecule has 9 heteroatoms. The van der Waals surface area contributed by atoms with E-state index in [1.807, 2.05) is 24.3 Å². The van der Waals surface area contributed by atoms with E-state index in [4.69, 9.17) is 16.3 Å². The molecule has 4 rings (SSSR count). The van der Waals surface area contributed by atoms with Crippen LogP contribution in [0.25, 0.3) is 11.3 Å². The molecular weight excluding hydrogens is 435 g/mol. The lowest BCUT2D eigenvalue weighted by Gasteiger charge is -2.10. The molecule has 0 atom stereocenters. The minimum absolute atomic E-state index is 0.0902. The van der Waals surface area contributed by atoms with Crippen LogP contribution in [0.5, 0.6) is 0 Å². The molecule has 6 N–H and O–H groups in total. The third-order valence-corrected chi connectivity index (χ3v) is 5.03. The molecule has 172 valence electrons. The van der Waals surface area contributed by atoms with Gasteiger partial charge in [0.25, 0.3) is 5.91 Å². The first-order valence-corrected chi connectivity index (χ1v) is 10.4. The van der Waals surface area contributed by atoms with Crippen molar-refractivity contribution in [1.29, 1.82) is 0 Å². The van der Waals surface area contributed by atoms with E-state index in [1.54, 1.807) is 48.7 Å². The van der Waals surface area contributed by atoms with E-state index in [0.29, 0.717) is 39.6 Å². The number of nitrogens with two attached hydrogens (primary N) is 2. The SMILES string of the molecule is NNc1nc(-c2cccc(C(=O)Nc3ccc(COCc4ccccn4)c(F)c3)c2)ccc1N. The minimum Gasteiger partial charge on any atom is -0.396 e. The van der Waals surface area contributed by atoms with Gasteiger partial charge in [0, 0.05) is 28.6 Å². The summed E-state index contributed by atoms with van der Waals surface area (Å²) in [6.07, 6.45) is 1.67. The second-order valence-electron chi connectivity index (χ2n) is 7.43. The van der Waals surface area contributed by atoms with E-state index >= 15 is 0 Å². The van der Waals surface area contributed by atoms with E-state index < -0.39 is 5.82 Å². The molecule has 0 saturated carbocycles. The maximum atomic E-state index is 14.5. The normalized spacial score (nSPS) is 10.6. The van der Waals surface area contributed by atoms with Gasteiger partial charge in [0.15, 0.2) is 5.82 Å². The molecule has 4 aromatic rings. The van der Waals surface area contributed by atoms with Gasteiger partial charge >= 0.3 is 0 Å². The lowest BCUT2D eigenvalue weighted by molar-refractivity contribution is 0.102. The Morgan fingerprint density at radius 1 is 1.00 bits per heavy atom. The smallest absolute Gasteiger partial charge is 0.255 e. The fourth-order valence-corrected chi connectivity index (χ4v) is 3.26. The van der Waals surface area contributed by atoms with Gasteiger partial charge in [-0.15, -0.1) is 0 Å². The highest BCUT2D eigenvalue weighted by atomic mass is 19.1. The van der Waals surface area contributed by atoms with E-state index in [0.717, 1.165) is 5.69 Å². The van der Waals surface area contributed by atoms with Crippen molar-refractivity contribution in [2.45, 2.75) is 13.2 Å². The zero-order chi connectivity index (χ0) is 23.9. The number of pyridine rings is 2. The Morgan fingerprint density at radius 3 is 2.65 bits per heavy atom. The Morgan fingerprint density at radius 2 is 1.88 bits per heavy atom. The Hall–Kier alpha value is -4.34. The van der Waals surface area contributed by atoms with Gasteiger partial charge < -0.3 is 21.2 Å². The average molecular weight is 458 g/mol. The highest BCUT2D eigenvalue weighted by molar-refractivity contribution is 6.04. The molecule has 0 aliphatic carbocycles. The van der Waals surface area contributed by atoms with Crippen LogP contribution in [0.15, 0.2) is 79.0 Å². The Bertz CT molecular complexity index is 1300. The molecule has 0 fully saturated rings. The molecule has 2 heterocycles. The molecule has 0 aliphatic rings. The van der Waals surface area contributed by atoms with Gasteiger partial charge in [-0.25, -0.2) is 15.2 Å². The van der Waals surface area contributed by atoms with Crippen molar-refractivity contribution < 1.29 is 13.9 Å². The molecule has 1 amide bonds. The van der Waals surface area contributed by atoms with Gasteiger partial charge in [-0.2, -0.15) is 0 Å². The molecule has 34 heavy (non-hydrogen) atoms. The Labute approximate surface area is 195 Å². The van der Waals surface area contributed by atoms with Crippen LogP contribution >= 0.6 is 0 Å². The topological polar surface area (TPSA) is 128 Å². The van der Waals surface area contributed by atoms with E-state index in [9.17, 15) is 9.18 Å². The third kappa shape index (κ3) is 5.52. The molecule has 8 nitrogen and oxygen atoms in total. The molecule has 2 aromatic carbocycles. The van der Waals surface area contributed by atoms with Crippen molar-refractivity contribution in [3.8, 4) is 11.3 Å². The quantitative estimate of drug-likeness (QED) is 0.231. The van der Waals surface area contributed by atoms with Gasteiger partial charge in [-0.3, -0.25) is 9.78 Å². The lowest BCUT2D eigenvalue weighted by Crippen LogP contribution is -2.13. The van der Waals surface area contributed by atoms with Crippen LogP contribution < -0.4 is 22.3 Å². The number of ether oxygens (including phenoxy) is 1. The number of carbonyl (C=O) groups is 1. The monoisotopic (exact) mass is 458 g/mol. The highest BCUT2D eigenvalue weighted by Gasteiger charge is 2.11. The molecule has 0 radical (unpaired) electrons. The molecular formula is C25H23FN6O2. The first-order chi connectivity index (χ1) is 16.5. The number of hydrazine groups is 1. The number of hydrogen-bond donors (Lipinski definition) is 4. The first kappa shape index (κ1) is 22.8. The van der Waals surface area contributed by atoms with Gasteiger partial charge in [0.1, 0.15) is 5.82 Å². The maximum Gasteiger partial charge on any atom is 0.255 e. The summed E-state index contributed by atoms with van der Waals surface area (Å²) in [6.45, 7) is 0.369. The molecule has 0 saturated heterocycles. The Kier molecular flexibility index (Phi) is 7.07. The van der Waals surface area contributed by atoms with Crippen molar-refractivity contribution in [1.82, 2.24) is 9.97 Å². The van der Waals surface area contributed by atoms with E-state index in [2.05, 4.69) is 20.7 Å². The highest BCUT2D eigenvalue weighted by Crippen LogP contribution is 2.24. The summed E-state index contributed by atoms with van der Waals surface area (Å²) in [4.78, 5) is 21.3. The van der Waals surface area contributed by atoms with Crippen LogP contribution in [-0.4, -0.2) is 15.9 Å². The molecule has 0 bridgehead atoms. The zero-order valence-electron chi connectivity index (χ0n) is 18.2. The molecule has 2 aromatic heterocycles. The van der Waals surface area contributed by atoms with Crippen LogP contribution in [0.2, 0.25) is 0 Å². The van der Waals surface area contributed by atoms with Crippen LogP contribution in [0.4, 0.5) is 21.6 Å². The number of nitrogens with zero attached hydrogens (tertiary/aromatic N) is 2. The van der Waals surface area contributed by atoms with Gasteiger partial charge in [0.2, 0.25) is 0 Å². The second kappa shape index (κ2) is 10.5. The number of rotatable bonds is 8. The fraction of sp³-hybridized carbons (Fsp3) is 0.0800. The summed E-state index contributed by atoms with van der Waals surface area (Å²) < 4.78 is 20.1. The summed E-state index contributed by atoms with van der Waals surface area (Å²) in [5.74, 6) is 4.93. The first-order valence-electron chi connectivity index (χ1n) is 10.4. The predicted octanol–water partition coefficient (Wildman–Crippen LogP) is 4.12. The summed E-state index contributed by atoms with van der Waals surface area (Å²) in [6, 6.07) is 20.3. The number of halogens is 1. The Balaban J connectivity index is 1.41. The summed E-state index contributed by atoms with van der Waals surface area (Å²) in [7, 11) is 0. The number of hydrogen-bond acceptors (Lipinski definition) is 7. The van der Waals surface area contributed by atoms with E-state index in [1.165, 1.54) is 6.07 Å². The average Bonchev–Trinajstić information content (AvgIpc) is 2.86. The molecule has 0 spiro atoms. The van der Waals surface area contributed by atoms with Gasteiger partial charge in [-0.1, -0.05) is 24.3 Å². The number of nitrogen functional groups attached to an aromatic ring is 2. The van der Waals surface area contributed by atoms with Crippen molar-refractivity contribution in [2.75, 3.05) is 16.5 Å². The fourth-order valence-electron chi connectivity index (χ4n) is 3.26. The number of anilines is 3. The summed E-state index contributed by atoms with van der Waals surface area (Å²) in [5, 5.41) is 2.72. The van der Waals surface area contributed by atoms with Crippen molar-refractivity contribution in [3.05, 3.63) is 102 Å². The third-order valence-electron chi connectivity index (χ3n) is 5.03. The minimum atomic E-state index is -0.472. The van der Waals surface area contributed by atoms with Crippen LogP contribution in [0.1, 0.15) is 21.6 Å². The van der Waals surface area contributed by atoms with Gasteiger partial charge in [-0.05, 0) is 48.5 Å². The predicted molar refractivity (Wildman–Crippen MR) is 129 cm³/mol. The molecule has 0 unspecified atom stereocenters. The second-order valence-corrected chi connectivity index (χ2v) is 7.43. The van der Waals surface area contributed by atoms with Crippen LogP contribution in [0, 0.1) is 5.82 Å². The number of benzene rings is 2.